The van der Waals surface area contributed by atoms with Crippen LogP contribution in [0.25, 0.3) is 0 Å². The molecule has 1 heterocycles. The maximum absolute atomic E-state index is 11.5. The van der Waals surface area contributed by atoms with Gasteiger partial charge in [0.25, 0.3) is 0 Å². The normalized spacial score (nSPS) is 14.2. The molecule has 3 nitrogen and oxygen atoms in total. The minimum atomic E-state index is 0.0188. The molecule has 1 aromatic carbocycles. The lowest BCUT2D eigenvalue weighted by atomic mass is 10.1. The molecule has 0 spiro atoms. The lowest BCUT2D eigenvalue weighted by Crippen LogP contribution is -2.24. The Morgan fingerprint density at radius 2 is 2.20 bits per heavy atom. The maximum atomic E-state index is 11.5. The van der Waals surface area contributed by atoms with Crippen LogP contribution in [0.2, 0.25) is 0 Å². The van der Waals surface area contributed by atoms with Crippen molar-refractivity contribution in [1.29, 1.82) is 0 Å². The van der Waals surface area contributed by atoms with E-state index in [1.54, 1.807) is 18.3 Å². The molecule has 20 heavy (non-hydrogen) atoms. The molecule has 0 amide bonds. The first-order chi connectivity index (χ1) is 9.65. The van der Waals surface area contributed by atoms with Crippen molar-refractivity contribution in [2.24, 2.45) is 0 Å². The number of nitrogens with zero attached hydrogens (tertiary/aromatic N) is 1. The molecule has 0 atom stereocenters. The first-order valence-corrected chi connectivity index (χ1v) is 7.72. The Kier molecular flexibility index (Phi) is 3.49. The Labute approximate surface area is 123 Å². The van der Waals surface area contributed by atoms with E-state index in [-0.39, 0.29) is 5.78 Å². The zero-order valence-corrected chi connectivity index (χ0v) is 12.3. The second-order valence-corrected chi connectivity index (χ2v) is 6.30. The summed E-state index contributed by atoms with van der Waals surface area (Å²) in [6.45, 7) is 2.47. The number of nitrogen functional groups attached to an aromatic ring is 1. The van der Waals surface area contributed by atoms with Gasteiger partial charge in [0.05, 0.1) is 6.54 Å². The molecule has 0 saturated heterocycles. The topological polar surface area (TPSA) is 46.3 Å². The second-order valence-electron chi connectivity index (χ2n) is 5.27. The number of thiophene rings is 1. The van der Waals surface area contributed by atoms with Crippen molar-refractivity contribution in [3.63, 3.8) is 0 Å². The first-order valence-electron chi connectivity index (χ1n) is 6.84. The molecule has 3 rings (SSSR count). The standard InChI is InChI=1S/C16H18N2OS/c1-11(19)15-7-6-13(9-16(15)17)18(12-4-5-12)10-14-3-2-8-20-14/h2-3,6-9,12H,4-5,10,17H2,1H3. The van der Waals surface area contributed by atoms with Crippen LogP contribution in [-0.4, -0.2) is 11.8 Å². The zero-order valence-electron chi connectivity index (χ0n) is 11.5. The Bertz CT molecular complexity index is 617. The Balaban J connectivity index is 1.88. The molecule has 0 unspecified atom stereocenters. The van der Waals surface area contributed by atoms with Gasteiger partial charge >= 0.3 is 0 Å². The van der Waals surface area contributed by atoms with Gasteiger partial charge in [-0.15, -0.1) is 11.3 Å². The Morgan fingerprint density at radius 3 is 2.75 bits per heavy atom. The number of anilines is 2. The number of carbonyl (C=O) groups is 1. The lowest BCUT2D eigenvalue weighted by Gasteiger charge is -2.25. The van der Waals surface area contributed by atoms with Crippen molar-refractivity contribution < 1.29 is 4.79 Å². The number of nitrogens with two attached hydrogens (primary N) is 1. The summed E-state index contributed by atoms with van der Waals surface area (Å²) in [4.78, 5) is 15.2. The highest BCUT2D eigenvalue weighted by molar-refractivity contribution is 7.09. The molecule has 0 aliphatic heterocycles. The average molecular weight is 286 g/mol. The molecule has 0 bridgehead atoms. The average Bonchev–Trinajstić information content (AvgIpc) is 3.12. The molecule has 1 aliphatic rings. The van der Waals surface area contributed by atoms with E-state index < -0.39 is 0 Å². The third-order valence-corrected chi connectivity index (χ3v) is 4.50. The SMILES string of the molecule is CC(=O)c1ccc(N(Cc2cccs2)C2CC2)cc1N. The van der Waals surface area contributed by atoms with Crippen molar-refractivity contribution in [2.75, 3.05) is 10.6 Å². The van der Waals surface area contributed by atoms with E-state index in [0.29, 0.717) is 17.3 Å². The number of hydrogen-bond donors (Lipinski definition) is 1. The third-order valence-electron chi connectivity index (χ3n) is 3.64. The van der Waals surface area contributed by atoms with Crippen LogP contribution in [0.3, 0.4) is 0 Å². The van der Waals surface area contributed by atoms with Crippen molar-refractivity contribution >= 4 is 28.5 Å². The molecule has 1 aliphatic carbocycles. The largest absolute Gasteiger partial charge is 0.398 e. The van der Waals surface area contributed by atoms with E-state index in [2.05, 4.69) is 22.4 Å². The van der Waals surface area contributed by atoms with Crippen LogP contribution in [0.4, 0.5) is 11.4 Å². The van der Waals surface area contributed by atoms with E-state index in [9.17, 15) is 4.79 Å². The third kappa shape index (κ3) is 2.70. The number of hydrogen-bond acceptors (Lipinski definition) is 4. The van der Waals surface area contributed by atoms with Crippen molar-refractivity contribution in [3.8, 4) is 0 Å². The summed E-state index contributed by atoms with van der Waals surface area (Å²) >= 11 is 1.78. The van der Waals surface area contributed by atoms with Crippen molar-refractivity contribution in [2.45, 2.75) is 32.4 Å². The van der Waals surface area contributed by atoms with Crippen LogP contribution in [0.5, 0.6) is 0 Å². The number of Topliss-reactive ketones (excluding diaryl/α,β-unsaturated/α-hetero) is 1. The monoisotopic (exact) mass is 286 g/mol. The number of carbonyl (C=O) groups excluding carboxylic acids is 1. The minimum absolute atomic E-state index is 0.0188. The summed E-state index contributed by atoms with van der Waals surface area (Å²) < 4.78 is 0. The van der Waals surface area contributed by atoms with E-state index in [0.717, 1.165) is 12.2 Å². The van der Waals surface area contributed by atoms with Gasteiger partial charge in [-0.05, 0) is 49.4 Å². The highest BCUT2D eigenvalue weighted by Gasteiger charge is 2.29. The van der Waals surface area contributed by atoms with Gasteiger partial charge in [0.1, 0.15) is 0 Å². The second kappa shape index (κ2) is 5.29. The minimum Gasteiger partial charge on any atom is -0.398 e. The molecule has 104 valence electrons. The molecule has 1 saturated carbocycles. The zero-order chi connectivity index (χ0) is 14.1. The van der Waals surface area contributed by atoms with Gasteiger partial charge in [0.2, 0.25) is 0 Å². The Hall–Kier alpha value is -1.81. The number of ketones is 1. The summed E-state index contributed by atoms with van der Waals surface area (Å²) in [5.74, 6) is 0.0188. The van der Waals surface area contributed by atoms with E-state index in [1.807, 2.05) is 18.2 Å². The summed E-state index contributed by atoms with van der Waals surface area (Å²) in [5.41, 5.74) is 8.31. The van der Waals surface area contributed by atoms with Gasteiger partial charge in [-0.25, -0.2) is 0 Å². The number of rotatable bonds is 5. The van der Waals surface area contributed by atoms with E-state index in [1.165, 1.54) is 17.7 Å². The molecule has 2 aromatic rings. The van der Waals surface area contributed by atoms with E-state index >= 15 is 0 Å². The summed E-state index contributed by atoms with van der Waals surface area (Å²) in [7, 11) is 0. The fraction of sp³-hybridized carbons (Fsp3) is 0.312. The predicted molar refractivity (Wildman–Crippen MR) is 84.4 cm³/mol. The van der Waals surface area contributed by atoms with Crippen LogP contribution in [0, 0.1) is 0 Å². The molecule has 0 radical (unpaired) electrons. The van der Waals surface area contributed by atoms with Gasteiger partial charge in [-0.3, -0.25) is 4.79 Å². The Morgan fingerprint density at radius 1 is 1.40 bits per heavy atom. The number of benzene rings is 1. The summed E-state index contributed by atoms with van der Waals surface area (Å²) in [5, 5.41) is 2.10. The quantitative estimate of drug-likeness (QED) is 0.673. The summed E-state index contributed by atoms with van der Waals surface area (Å²) in [6.07, 6.45) is 2.47. The highest BCUT2D eigenvalue weighted by atomic mass is 32.1. The molecule has 1 aromatic heterocycles. The fourth-order valence-electron chi connectivity index (χ4n) is 2.44. The van der Waals surface area contributed by atoms with E-state index in [4.69, 9.17) is 5.73 Å². The van der Waals surface area contributed by atoms with Gasteiger partial charge in [-0.2, -0.15) is 0 Å². The van der Waals surface area contributed by atoms with Crippen LogP contribution in [0.1, 0.15) is 35.0 Å². The predicted octanol–water partition coefficient (Wildman–Crippen LogP) is 3.70. The van der Waals surface area contributed by atoms with Crippen LogP contribution >= 0.6 is 11.3 Å². The van der Waals surface area contributed by atoms with Crippen LogP contribution in [-0.2, 0) is 6.54 Å². The maximum Gasteiger partial charge on any atom is 0.161 e. The molecule has 2 N–H and O–H groups in total. The smallest absolute Gasteiger partial charge is 0.161 e. The van der Waals surface area contributed by atoms with Crippen molar-refractivity contribution in [3.05, 3.63) is 46.2 Å². The van der Waals surface area contributed by atoms with Gasteiger partial charge in [0, 0.05) is 27.9 Å². The van der Waals surface area contributed by atoms with Gasteiger partial charge in [0.15, 0.2) is 5.78 Å². The van der Waals surface area contributed by atoms with Gasteiger partial charge < -0.3 is 10.6 Å². The van der Waals surface area contributed by atoms with Gasteiger partial charge in [-0.1, -0.05) is 6.07 Å². The highest BCUT2D eigenvalue weighted by Crippen LogP contribution is 2.35. The van der Waals surface area contributed by atoms with Crippen LogP contribution in [0.15, 0.2) is 35.7 Å². The van der Waals surface area contributed by atoms with Crippen molar-refractivity contribution in [1.82, 2.24) is 0 Å². The fourth-order valence-corrected chi connectivity index (χ4v) is 3.14. The van der Waals surface area contributed by atoms with Crippen LogP contribution < -0.4 is 10.6 Å². The first kappa shape index (κ1) is 13.2. The molecule has 4 heteroatoms. The molecular weight excluding hydrogens is 268 g/mol. The molecule has 1 fully saturated rings. The summed E-state index contributed by atoms with van der Waals surface area (Å²) in [6, 6.07) is 10.6. The molecular formula is C16H18N2OS. The lowest BCUT2D eigenvalue weighted by molar-refractivity contribution is 0.101.